The Bertz CT molecular complexity index is 1740. The maximum atomic E-state index is 14.1. The van der Waals surface area contributed by atoms with Crippen molar-refractivity contribution in [3.63, 3.8) is 0 Å². The van der Waals surface area contributed by atoms with Gasteiger partial charge in [0.25, 0.3) is 0 Å². The van der Waals surface area contributed by atoms with Gasteiger partial charge >= 0.3 is 29.8 Å². The van der Waals surface area contributed by atoms with Crippen LogP contribution in [0.3, 0.4) is 0 Å². The van der Waals surface area contributed by atoms with Crippen molar-refractivity contribution in [2.24, 2.45) is 28.1 Å². The number of ether oxygens (including phenoxy) is 7. The molecular formula is C36H46O16. The van der Waals surface area contributed by atoms with Crippen LogP contribution in [0.2, 0.25) is 0 Å². The first kappa shape index (κ1) is 36.8. The lowest BCUT2D eigenvalue weighted by Crippen LogP contribution is -2.96. The van der Waals surface area contributed by atoms with Gasteiger partial charge in [-0.15, -0.1) is 0 Å². The topological polar surface area (TPSA) is 224 Å². The number of hydrogen-bond donors (Lipinski definition) is 3. The predicted molar refractivity (Wildman–Crippen MR) is 169 cm³/mol. The lowest BCUT2D eigenvalue weighted by Gasteiger charge is -2.77. The average Bonchev–Trinajstić information content (AvgIpc) is 3.82. The highest BCUT2D eigenvalue weighted by Crippen LogP contribution is 2.86. The van der Waals surface area contributed by atoms with Crippen molar-refractivity contribution in [1.82, 2.24) is 0 Å². The van der Waals surface area contributed by atoms with Gasteiger partial charge < -0.3 is 52.9 Å². The van der Waals surface area contributed by atoms with Gasteiger partial charge in [0.15, 0.2) is 23.6 Å². The molecule has 15 atom stereocenters. The molecule has 3 N–H and O–H groups in total. The molecule has 16 nitrogen and oxygen atoms in total. The summed E-state index contributed by atoms with van der Waals surface area (Å²) in [7, 11) is 1.17. The van der Waals surface area contributed by atoms with Crippen LogP contribution >= 0.6 is 0 Å². The van der Waals surface area contributed by atoms with Gasteiger partial charge in [-0.25, -0.2) is 0 Å². The molecule has 0 aromatic carbocycles. The second-order valence-electron chi connectivity index (χ2n) is 16.4. The van der Waals surface area contributed by atoms with Crippen LogP contribution in [-0.2, 0) is 57.1 Å². The third kappa shape index (κ3) is 3.87. The first-order chi connectivity index (χ1) is 24.0. The minimum absolute atomic E-state index is 0.0652. The van der Waals surface area contributed by atoms with E-state index in [4.69, 9.17) is 37.6 Å². The van der Waals surface area contributed by atoms with E-state index in [-0.39, 0.29) is 12.8 Å². The fraction of sp³-hybridized carbons (Fsp3) is 0.750. The fourth-order valence-corrected chi connectivity index (χ4v) is 12.5. The summed E-state index contributed by atoms with van der Waals surface area (Å²) in [4.78, 5) is 65.4. The van der Waals surface area contributed by atoms with Crippen LogP contribution in [0, 0.1) is 28.1 Å². The number of rotatable bonds is 8. The summed E-state index contributed by atoms with van der Waals surface area (Å²) in [5, 5.41) is 40.8. The largest absolute Gasteiger partial charge is 0.472 e. The first-order valence-electron chi connectivity index (χ1n) is 17.3. The van der Waals surface area contributed by atoms with E-state index in [0.717, 1.165) is 20.8 Å². The highest BCUT2D eigenvalue weighted by molar-refractivity contribution is 5.72. The van der Waals surface area contributed by atoms with Gasteiger partial charge in [-0.1, -0.05) is 20.8 Å². The summed E-state index contributed by atoms with van der Waals surface area (Å²) < 4.78 is 48.1. The van der Waals surface area contributed by atoms with Crippen LogP contribution in [0.15, 0.2) is 23.0 Å². The molecular weight excluding hydrogens is 688 g/mol. The van der Waals surface area contributed by atoms with Crippen molar-refractivity contribution < 1.29 is 76.9 Å². The highest BCUT2D eigenvalue weighted by Gasteiger charge is 3.02. The monoisotopic (exact) mass is 734 g/mol. The maximum absolute atomic E-state index is 14.1. The van der Waals surface area contributed by atoms with E-state index in [9.17, 15) is 39.3 Å². The second-order valence-corrected chi connectivity index (χ2v) is 16.4. The smallest absolute Gasteiger partial charge is 0.305 e. The Labute approximate surface area is 299 Å². The molecule has 16 heteroatoms. The van der Waals surface area contributed by atoms with E-state index in [2.05, 4.69) is 0 Å². The summed E-state index contributed by atoms with van der Waals surface area (Å²) >= 11 is 0. The van der Waals surface area contributed by atoms with Gasteiger partial charge in [-0.3, -0.25) is 24.0 Å². The molecule has 6 fully saturated rings. The van der Waals surface area contributed by atoms with Crippen LogP contribution in [-0.4, -0.2) is 105 Å². The number of esters is 5. The molecule has 1 unspecified atom stereocenters. The standard InChI is InChI=1S/C36H46O16/c1-16(37)47-24(20-10-11-46-14-20)31(7)22-13-30(6)51-28-34(43)27(50-19(4)40)29(5)15-33(34,42)32(8,21(29)12-23(41)45-9)36(44,35(22,28)52-30)26(49-18(3)39)25(31)48-17(2)38/h10-11,14,21-22,24-28,42-44H,12-13,15H2,1-9H3/t21-,22+,24-,25-,26+,27-,28+,29+,30?,31+,32+,33+,34-,35+,36-/m0/s1. The van der Waals surface area contributed by atoms with Gasteiger partial charge in [0.1, 0.15) is 35.1 Å². The molecule has 6 aliphatic rings. The molecule has 0 amide bonds. The van der Waals surface area contributed by atoms with Gasteiger partial charge in [0.2, 0.25) is 0 Å². The Hall–Kier alpha value is -3.57. The van der Waals surface area contributed by atoms with Crippen LogP contribution in [0.5, 0.6) is 0 Å². The molecule has 0 radical (unpaired) electrons. The van der Waals surface area contributed by atoms with Crippen LogP contribution in [0.25, 0.3) is 0 Å². The predicted octanol–water partition coefficient (Wildman–Crippen LogP) is 1.41. The number of carbonyl (C=O) groups excluding carboxylic acids is 5. The van der Waals surface area contributed by atoms with E-state index in [1.165, 1.54) is 33.5 Å². The van der Waals surface area contributed by atoms with Crippen molar-refractivity contribution in [2.45, 2.75) is 133 Å². The zero-order chi connectivity index (χ0) is 38.4. The zero-order valence-electron chi connectivity index (χ0n) is 30.5. The minimum Gasteiger partial charge on any atom is -0.472 e. The van der Waals surface area contributed by atoms with E-state index >= 15 is 0 Å². The second kappa shape index (κ2) is 10.8. The van der Waals surface area contributed by atoms with Crippen LogP contribution < -0.4 is 0 Å². The van der Waals surface area contributed by atoms with Gasteiger partial charge in [0, 0.05) is 62.8 Å². The Morgan fingerprint density at radius 1 is 0.904 bits per heavy atom. The molecule has 1 aromatic heterocycles. The molecule has 52 heavy (non-hydrogen) atoms. The third-order valence-corrected chi connectivity index (χ3v) is 13.9. The number of carbonyl (C=O) groups is 5. The van der Waals surface area contributed by atoms with Crippen molar-refractivity contribution in [3.05, 3.63) is 24.2 Å². The van der Waals surface area contributed by atoms with Crippen molar-refractivity contribution in [2.75, 3.05) is 7.11 Å². The number of fused-ring (bicyclic) bond motifs is 4. The van der Waals surface area contributed by atoms with Crippen LogP contribution in [0.4, 0.5) is 0 Å². The summed E-state index contributed by atoms with van der Waals surface area (Å²) in [6, 6.07) is 1.54. The quantitative estimate of drug-likeness (QED) is 0.254. The summed E-state index contributed by atoms with van der Waals surface area (Å²) in [6.07, 6.45) is -6.29. The molecule has 286 valence electrons. The molecule has 7 rings (SSSR count). The molecule has 2 saturated heterocycles. The highest BCUT2D eigenvalue weighted by atomic mass is 16.8. The van der Waals surface area contributed by atoms with Gasteiger partial charge in [-0.05, 0) is 25.3 Å². The van der Waals surface area contributed by atoms with Crippen LogP contribution in [0.1, 0.15) is 86.3 Å². The lowest BCUT2D eigenvalue weighted by molar-refractivity contribution is -0.440. The Kier molecular flexibility index (Phi) is 7.62. The molecule has 1 spiro atoms. The number of aliphatic hydroxyl groups is 3. The number of methoxy groups -OCH3 is 1. The molecule has 3 heterocycles. The fourth-order valence-electron chi connectivity index (χ4n) is 12.5. The van der Waals surface area contributed by atoms with Gasteiger partial charge in [-0.2, -0.15) is 0 Å². The first-order valence-corrected chi connectivity index (χ1v) is 17.3. The molecule has 2 aliphatic heterocycles. The SMILES string of the molecule is COC(=O)C[C@H]1[C@@]2(C)C[C@]3(O)[C@@](O)([C@H]4OC5(C)C[C@@H]6[C@](C)([C@@H](OC(C)=O)c7ccoc7)[C@@H](OC(C)=O)[C@@H](OC(C)=O)[C@@](O)([C@@]64O5)[C@]13C)[C@H]2OC(C)=O. The normalized spacial score (nSPS) is 49.5. The maximum Gasteiger partial charge on any atom is 0.305 e. The molecule has 4 aliphatic carbocycles. The van der Waals surface area contributed by atoms with Crippen molar-refractivity contribution in [3.8, 4) is 0 Å². The molecule has 1 aromatic rings. The Morgan fingerprint density at radius 2 is 1.52 bits per heavy atom. The summed E-state index contributed by atoms with van der Waals surface area (Å²) in [5.74, 6) is -7.97. The van der Waals surface area contributed by atoms with Crippen molar-refractivity contribution in [1.29, 1.82) is 0 Å². The Morgan fingerprint density at radius 3 is 2.06 bits per heavy atom. The van der Waals surface area contributed by atoms with E-state index in [1.54, 1.807) is 26.8 Å². The summed E-state index contributed by atoms with van der Waals surface area (Å²) in [6.45, 7) is 10.8. The van der Waals surface area contributed by atoms with Gasteiger partial charge in [0.05, 0.1) is 25.1 Å². The number of furan rings is 1. The van der Waals surface area contributed by atoms with E-state index < -0.39 is 123 Å². The third-order valence-electron chi connectivity index (χ3n) is 13.9. The van der Waals surface area contributed by atoms with E-state index in [1.807, 2.05) is 0 Å². The molecule has 4 bridgehead atoms. The van der Waals surface area contributed by atoms with Crippen molar-refractivity contribution >= 4 is 29.8 Å². The average molecular weight is 735 g/mol. The zero-order valence-corrected chi connectivity index (χ0v) is 30.5. The van der Waals surface area contributed by atoms with E-state index in [0.29, 0.717) is 5.56 Å². The Balaban J connectivity index is 1.62. The lowest BCUT2D eigenvalue weighted by atomic mass is 9.32. The molecule has 4 saturated carbocycles. The number of hydrogen-bond acceptors (Lipinski definition) is 16. The summed E-state index contributed by atoms with van der Waals surface area (Å²) in [5.41, 5.74) is -14.7. The minimum atomic E-state index is -2.66.